The van der Waals surface area contributed by atoms with Crippen LogP contribution in [-0.2, 0) is 4.74 Å². The first kappa shape index (κ1) is 9.00. The van der Waals surface area contributed by atoms with Crippen LogP contribution in [-0.4, -0.2) is 31.1 Å². The van der Waals surface area contributed by atoms with Crippen LogP contribution in [0.15, 0.2) is 4.99 Å². The van der Waals surface area contributed by atoms with Gasteiger partial charge in [-0.2, -0.15) is 0 Å². The molecule has 2 unspecified atom stereocenters. The highest BCUT2D eigenvalue weighted by Gasteiger charge is 2.21. The van der Waals surface area contributed by atoms with Crippen LogP contribution in [0, 0.1) is 0 Å². The molecule has 0 aromatic rings. The van der Waals surface area contributed by atoms with E-state index in [-0.39, 0.29) is 0 Å². The third-order valence-electron chi connectivity index (χ3n) is 2.73. The summed E-state index contributed by atoms with van der Waals surface area (Å²) in [6, 6.07) is 0. The molecule has 0 spiro atoms. The Labute approximate surface area is 79.6 Å². The van der Waals surface area contributed by atoms with Gasteiger partial charge in [-0.3, -0.25) is 4.99 Å². The van der Waals surface area contributed by atoms with Gasteiger partial charge in [0.25, 0.3) is 0 Å². The van der Waals surface area contributed by atoms with E-state index in [2.05, 4.69) is 17.2 Å². The van der Waals surface area contributed by atoms with E-state index < -0.39 is 0 Å². The summed E-state index contributed by atoms with van der Waals surface area (Å²) in [7, 11) is 0. The van der Waals surface area contributed by atoms with Gasteiger partial charge < -0.3 is 10.1 Å². The molecule has 1 N–H and O–H groups in total. The molecule has 3 heteroatoms. The summed E-state index contributed by atoms with van der Waals surface area (Å²) in [5.74, 6) is 1.18. The average Bonchev–Trinajstić information content (AvgIpc) is 2.71. The maximum atomic E-state index is 5.70. The Morgan fingerprint density at radius 2 is 2.46 bits per heavy atom. The summed E-state index contributed by atoms with van der Waals surface area (Å²) in [6.07, 6.45) is 5.61. The van der Waals surface area contributed by atoms with Gasteiger partial charge in [0.2, 0.25) is 0 Å². The topological polar surface area (TPSA) is 33.6 Å². The molecule has 2 rings (SSSR count). The highest BCUT2D eigenvalue weighted by atomic mass is 16.5. The van der Waals surface area contributed by atoms with Crippen molar-refractivity contribution in [2.75, 3.05) is 13.1 Å². The fourth-order valence-electron chi connectivity index (χ4n) is 1.95. The summed E-state index contributed by atoms with van der Waals surface area (Å²) < 4.78 is 5.70. The van der Waals surface area contributed by atoms with E-state index >= 15 is 0 Å². The van der Waals surface area contributed by atoms with Gasteiger partial charge in [0.1, 0.15) is 0 Å². The van der Waals surface area contributed by atoms with Crippen LogP contribution < -0.4 is 5.32 Å². The predicted octanol–water partition coefficient (Wildman–Crippen LogP) is 1.34. The van der Waals surface area contributed by atoms with Crippen molar-refractivity contribution in [1.29, 1.82) is 0 Å². The third-order valence-corrected chi connectivity index (χ3v) is 2.73. The van der Waals surface area contributed by atoms with E-state index in [1.165, 1.54) is 25.1 Å². The van der Waals surface area contributed by atoms with Crippen molar-refractivity contribution in [2.45, 2.75) is 44.8 Å². The molecule has 0 amide bonds. The first-order chi connectivity index (χ1) is 6.34. The normalized spacial score (nSPS) is 33.5. The van der Waals surface area contributed by atoms with Crippen LogP contribution in [0.2, 0.25) is 0 Å². The van der Waals surface area contributed by atoms with Crippen LogP contribution in [0.4, 0.5) is 0 Å². The van der Waals surface area contributed by atoms with E-state index in [0.717, 1.165) is 19.5 Å². The summed E-state index contributed by atoms with van der Waals surface area (Å²) in [6.45, 7) is 4.10. The Bertz CT molecular complexity index is 203. The Kier molecular flexibility index (Phi) is 2.83. The fraction of sp³-hybridized carbons (Fsp3) is 0.900. The van der Waals surface area contributed by atoms with Crippen molar-refractivity contribution < 1.29 is 4.74 Å². The van der Waals surface area contributed by atoms with Crippen LogP contribution in [0.25, 0.3) is 0 Å². The van der Waals surface area contributed by atoms with Crippen molar-refractivity contribution in [3.63, 3.8) is 0 Å². The van der Waals surface area contributed by atoms with E-state index in [9.17, 15) is 0 Å². The number of nitrogens with zero attached hydrogens (tertiary/aromatic N) is 1. The molecule has 2 aliphatic rings. The van der Waals surface area contributed by atoms with Crippen molar-refractivity contribution in [3.8, 4) is 0 Å². The smallest absolute Gasteiger partial charge is 0.0964 e. The van der Waals surface area contributed by atoms with Crippen LogP contribution >= 0.6 is 0 Å². The maximum Gasteiger partial charge on any atom is 0.0964 e. The quantitative estimate of drug-likeness (QED) is 0.699. The van der Waals surface area contributed by atoms with Crippen LogP contribution in [0.3, 0.4) is 0 Å². The number of ether oxygens (including phenoxy) is 1. The fourth-order valence-corrected chi connectivity index (χ4v) is 1.95. The molecule has 0 bridgehead atoms. The lowest BCUT2D eigenvalue weighted by Crippen LogP contribution is -2.31. The van der Waals surface area contributed by atoms with Gasteiger partial charge in [0.05, 0.1) is 18.0 Å². The monoisotopic (exact) mass is 182 g/mol. The van der Waals surface area contributed by atoms with E-state index in [0.29, 0.717) is 12.2 Å². The molecule has 2 heterocycles. The van der Waals surface area contributed by atoms with Crippen molar-refractivity contribution in [1.82, 2.24) is 5.32 Å². The first-order valence-corrected chi connectivity index (χ1v) is 5.27. The molecule has 2 aliphatic heterocycles. The molecule has 0 aromatic carbocycles. The molecular weight excluding hydrogens is 164 g/mol. The van der Waals surface area contributed by atoms with Gasteiger partial charge in [0, 0.05) is 19.5 Å². The van der Waals surface area contributed by atoms with E-state index in [1.54, 1.807) is 0 Å². The largest absolute Gasteiger partial charge is 0.373 e. The summed E-state index contributed by atoms with van der Waals surface area (Å²) >= 11 is 0. The molecule has 0 aromatic heterocycles. The van der Waals surface area contributed by atoms with Crippen molar-refractivity contribution >= 4 is 5.84 Å². The van der Waals surface area contributed by atoms with Gasteiger partial charge in [-0.15, -0.1) is 0 Å². The third kappa shape index (κ3) is 2.44. The summed E-state index contributed by atoms with van der Waals surface area (Å²) in [5, 5.41) is 3.37. The second-order valence-corrected chi connectivity index (χ2v) is 3.96. The van der Waals surface area contributed by atoms with Gasteiger partial charge in [-0.05, 0) is 26.2 Å². The first-order valence-electron chi connectivity index (χ1n) is 5.27. The summed E-state index contributed by atoms with van der Waals surface area (Å²) in [4.78, 5) is 4.37. The van der Waals surface area contributed by atoms with Crippen LogP contribution in [0.1, 0.15) is 32.6 Å². The highest BCUT2D eigenvalue weighted by Crippen LogP contribution is 2.18. The predicted molar refractivity (Wildman–Crippen MR) is 53.1 cm³/mol. The Hall–Kier alpha value is -0.570. The van der Waals surface area contributed by atoms with E-state index in [1.807, 2.05) is 0 Å². The van der Waals surface area contributed by atoms with Crippen molar-refractivity contribution in [2.24, 2.45) is 4.99 Å². The molecule has 0 radical (unpaired) electrons. The zero-order valence-corrected chi connectivity index (χ0v) is 8.25. The molecule has 0 aliphatic carbocycles. The van der Waals surface area contributed by atoms with E-state index in [4.69, 9.17) is 4.74 Å². The molecule has 13 heavy (non-hydrogen) atoms. The lowest BCUT2D eigenvalue weighted by Gasteiger charge is -2.12. The minimum Gasteiger partial charge on any atom is -0.373 e. The Balaban J connectivity index is 1.67. The Morgan fingerprint density at radius 3 is 3.08 bits per heavy atom. The number of hydrogen-bond acceptors (Lipinski definition) is 3. The lowest BCUT2D eigenvalue weighted by molar-refractivity contribution is 0.0586. The summed E-state index contributed by atoms with van der Waals surface area (Å²) in [5.41, 5.74) is 0. The molecule has 3 nitrogen and oxygen atoms in total. The van der Waals surface area contributed by atoms with Gasteiger partial charge in [-0.25, -0.2) is 0 Å². The molecule has 1 saturated heterocycles. The molecular formula is C10H18N2O. The SMILES string of the molecule is CC1CCC(CNC2=NCCC2)O1. The molecule has 74 valence electrons. The van der Waals surface area contributed by atoms with Crippen molar-refractivity contribution in [3.05, 3.63) is 0 Å². The Morgan fingerprint density at radius 1 is 1.54 bits per heavy atom. The van der Waals surface area contributed by atoms with Gasteiger partial charge in [-0.1, -0.05) is 0 Å². The average molecular weight is 182 g/mol. The second kappa shape index (κ2) is 4.09. The minimum absolute atomic E-state index is 0.415. The zero-order valence-electron chi connectivity index (χ0n) is 8.25. The van der Waals surface area contributed by atoms with Gasteiger partial charge >= 0.3 is 0 Å². The highest BCUT2D eigenvalue weighted by molar-refractivity contribution is 5.83. The number of nitrogens with one attached hydrogen (secondary N) is 1. The number of rotatable bonds is 2. The van der Waals surface area contributed by atoms with Crippen LogP contribution in [0.5, 0.6) is 0 Å². The lowest BCUT2D eigenvalue weighted by atomic mass is 10.2. The second-order valence-electron chi connectivity index (χ2n) is 3.96. The molecule has 0 saturated carbocycles. The maximum absolute atomic E-state index is 5.70. The standard InChI is InChI=1S/C10H18N2O/c1-8-4-5-9(13-8)7-12-10-3-2-6-11-10/h8-9H,2-7H2,1H3,(H,11,12). The number of amidine groups is 1. The van der Waals surface area contributed by atoms with Gasteiger partial charge in [0.15, 0.2) is 0 Å². The zero-order chi connectivity index (χ0) is 9.10. The molecule has 1 fully saturated rings. The molecule has 2 atom stereocenters. The number of hydrogen-bond donors (Lipinski definition) is 1. The minimum atomic E-state index is 0.415. The number of aliphatic imine (C=N–C) groups is 1.